The predicted octanol–water partition coefficient (Wildman–Crippen LogP) is 0.953. The summed E-state index contributed by atoms with van der Waals surface area (Å²) in [7, 11) is -5.02. The highest BCUT2D eigenvalue weighted by molar-refractivity contribution is 7.80. The molecule has 1 fully saturated rings. The number of thiazole rings is 1. The number of rotatable bonds is 16. The van der Waals surface area contributed by atoms with Gasteiger partial charge in [-0.05, 0) is 32.4 Å². The Morgan fingerprint density at radius 2 is 2.04 bits per heavy atom. The normalized spacial score (nSPS) is 16.8. The number of aliphatic carboxylic acids is 1. The van der Waals surface area contributed by atoms with Gasteiger partial charge in [-0.25, -0.2) is 19.7 Å². The minimum Gasteiger partial charge on any atom is -0.487 e. The number of imidazole rings is 1. The van der Waals surface area contributed by atoms with Crippen molar-refractivity contribution in [1.29, 1.82) is 0 Å². The fourth-order valence-corrected chi connectivity index (χ4v) is 5.05. The molecule has 3 aromatic heterocycles. The van der Waals surface area contributed by atoms with Crippen molar-refractivity contribution in [2.75, 3.05) is 17.7 Å². The summed E-state index contributed by atoms with van der Waals surface area (Å²) < 4.78 is 42.8. The molecule has 248 valence electrons. The third kappa shape index (κ3) is 8.24. The number of ether oxygens (including phenoxy) is 1. The van der Waals surface area contributed by atoms with Crippen molar-refractivity contribution >= 4 is 62.1 Å². The number of anilines is 3. The highest BCUT2D eigenvalue weighted by Gasteiger charge is 2.58. The zero-order chi connectivity index (χ0) is 33.6. The van der Waals surface area contributed by atoms with Gasteiger partial charge in [0.05, 0.1) is 11.7 Å². The molecule has 1 saturated heterocycles. The monoisotopic (exact) mass is 681 g/mol. The molecule has 0 spiro atoms. The van der Waals surface area contributed by atoms with E-state index in [-0.39, 0.29) is 16.6 Å². The van der Waals surface area contributed by atoms with Gasteiger partial charge < -0.3 is 35.6 Å². The first kappa shape index (κ1) is 34.0. The van der Waals surface area contributed by atoms with E-state index in [0.717, 1.165) is 30.7 Å². The molecule has 1 aliphatic rings. The molecular formula is C25H31N9O10S2. The van der Waals surface area contributed by atoms with E-state index in [2.05, 4.69) is 41.9 Å². The number of carboxylic acids is 1. The van der Waals surface area contributed by atoms with Crippen LogP contribution in [-0.4, -0.2) is 90.4 Å². The number of carboxylic acid groups (broad SMARTS) is 1. The lowest BCUT2D eigenvalue weighted by Crippen LogP contribution is -2.76. The van der Waals surface area contributed by atoms with E-state index in [1.54, 1.807) is 18.3 Å². The molecule has 0 aliphatic carbocycles. The van der Waals surface area contributed by atoms with Gasteiger partial charge in [0.1, 0.15) is 29.9 Å². The molecule has 2 amide bonds. The molecular weight excluding hydrogens is 650 g/mol. The van der Waals surface area contributed by atoms with Crippen LogP contribution >= 0.6 is 11.3 Å². The number of nitrogens with one attached hydrogen (secondary N) is 2. The van der Waals surface area contributed by atoms with Crippen LogP contribution in [0.15, 0.2) is 41.3 Å². The first-order valence-corrected chi connectivity index (χ1v) is 15.8. The third-order valence-electron chi connectivity index (χ3n) is 6.49. The molecule has 3 aromatic rings. The highest BCUT2D eigenvalue weighted by atomic mass is 32.3. The van der Waals surface area contributed by atoms with E-state index >= 15 is 0 Å². The lowest BCUT2D eigenvalue weighted by atomic mass is 9.84. The fraction of sp³-hybridized carbons (Fsp3) is 0.400. The molecule has 19 nitrogen and oxygen atoms in total. The van der Waals surface area contributed by atoms with Gasteiger partial charge in [-0.15, -0.1) is 15.6 Å². The Kier molecular flexibility index (Phi) is 10.4. The smallest absolute Gasteiger partial charge is 0.418 e. The van der Waals surface area contributed by atoms with Crippen LogP contribution in [0.2, 0.25) is 0 Å². The number of amides is 2. The maximum atomic E-state index is 13.2. The number of carbonyl (C=O) groups excluding carboxylic acids is 2. The molecule has 0 bridgehead atoms. The maximum Gasteiger partial charge on any atom is 0.418 e. The van der Waals surface area contributed by atoms with Gasteiger partial charge in [0, 0.05) is 24.3 Å². The quantitative estimate of drug-likeness (QED) is 0.0610. The van der Waals surface area contributed by atoms with Gasteiger partial charge in [-0.1, -0.05) is 18.5 Å². The number of nitrogens with two attached hydrogens (primary N) is 1. The van der Waals surface area contributed by atoms with Gasteiger partial charge in [-0.3, -0.25) is 14.1 Å². The van der Waals surface area contributed by atoms with Crippen molar-refractivity contribution in [3.63, 3.8) is 0 Å². The number of nitrogens with zero attached hydrogens (tertiary/aromatic N) is 6. The summed E-state index contributed by atoms with van der Waals surface area (Å²) in [6.07, 6.45) is 5.20. The van der Waals surface area contributed by atoms with E-state index in [1.165, 1.54) is 25.4 Å². The van der Waals surface area contributed by atoms with Crippen molar-refractivity contribution < 1.29 is 46.3 Å². The molecule has 0 saturated carbocycles. The molecule has 0 radical (unpaired) electrons. The zero-order valence-corrected chi connectivity index (χ0v) is 26.3. The Morgan fingerprint density at radius 3 is 2.63 bits per heavy atom. The van der Waals surface area contributed by atoms with Crippen molar-refractivity contribution in [3.8, 4) is 5.75 Å². The predicted molar refractivity (Wildman–Crippen MR) is 161 cm³/mol. The Labute approximate surface area is 266 Å². The Morgan fingerprint density at radius 1 is 1.28 bits per heavy atom. The molecule has 2 atom stereocenters. The Balaban J connectivity index is 1.42. The number of hydrogen-bond donors (Lipinski definition) is 5. The summed E-state index contributed by atoms with van der Waals surface area (Å²) in [6.45, 7) is 5.05. The van der Waals surface area contributed by atoms with Crippen LogP contribution in [0.1, 0.15) is 39.3 Å². The molecule has 4 rings (SSSR count). The van der Waals surface area contributed by atoms with Crippen LogP contribution in [-0.2, 0) is 40.4 Å². The summed E-state index contributed by atoms with van der Waals surface area (Å²) in [6, 6.07) is 1.84. The van der Waals surface area contributed by atoms with Crippen LogP contribution in [0.4, 0.5) is 16.9 Å². The molecule has 1 aliphatic heterocycles. The molecule has 0 aromatic carbocycles. The average Bonchev–Trinajstić information content (AvgIpc) is 3.63. The van der Waals surface area contributed by atoms with Gasteiger partial charge in [-0.2, -0.15) is 13.5 Å². The average molecular weight is 682 g/mol. The summed E-state index contributed by atoms with van der Waals surface area (Å²) in [5.41, 5.74) is 3.62. The number of carbonyl (C=O) groups is 3. The van der Waals surface area contributed by atoms with Crippen molar-refractivity contribution in [2.45, 2.75) is 57.8 Å². The van der Waals surface area contributed by atoms with Crippen LogP contribution < -0.4 is 21.1 Å². The van der Waals surface area contributed by atoms with Gasteiger partial charge in [0.15, 0.2) is 10.8 Å². The number of oxime groups is 1. The maximum absolute atomic E-state index is 13.2. The lowest BCUT2D eigenvalue weighted by molar-refractivity contribution is -0.218. The summed E-state index contributed by atoms with van der Waals surface area (Å²) in [4.78, 5) is 55.2. The third-order valence-corrected chi connectivity index (χ3v) is 7.50. The van der Waals surface area contributed by atoms with Crippen LogP contribution in [0, 0.1) is 0 Å². The number of β-lactam (4-membered cyclic amide) rings is 1. The van der Waals surface area contributed by atoms with E-state index in [4.69, 9.17) is 19.9 Å². The lowest BCUT2D eigenvalue weighted by Gasteiger charge is -2.50. The van der Waals surface area contributed by atoms with Crippen molar-refractivity contribution in [3.05, 3.63) is 41.8 Å². The zero-order valence-electron chi connectivity index (χ0n) is 24.7. The van der Waals surface area contributed by atoms with Crippen molar-refractivity contribution in [1.82, 2.24) is 29.9 Å². The molecule has 0 unspecified atom stereocenters. The minimum absolute atomic E-state index is 0.0526. The molecule has 46 heavy (non-hydrogen) atoms. The Bertz CT molecular complexity index is 1710. The molecule has 4 heterocycles. The number of pyridine rings is 1. The van der Waals surface area contributed by atoms with E-state index < -0.39 is 58.2 Å². The summed E-state index contributed by atoms with van der Waals surface area (Å²) >= 11 is 0.952. The first-order chi connectivity index (χ1) is 21.7. The fourth-order valence-electron chi connectivity index (χ4n) is 4.05. The minimum atomic E-state index is -5.02. The SMILES string of the molecule is CCCCn1ccnc1Nc1ccc(OC[C@@H](O/N=C(\C(=O)N[C@@H]2C(=O)N(OS(=O)(=O)O)C2(C)C)c2csc(N)n2)C(=O)O)cn1. The number of aromatic nitrogens is 4. The highest BCUT2D eigenvalue weighted by Crippen LogP contribution is 2.33. The van der Waals surface area contributed by atoms with Crippen LogP contribution in [0.5, 0.6) is 5.75 Å². The number of nitrogen functional groups attached to an aromatic ring is 1. The van der Waals surface area contributed by atoms with Gasteiger partial charge in [0.2, 0.25) is 5.95 Å². The largest absolute Gasteiger partial charge is 0.487 e. The summed E-state index contributed by atoms with van der Waals surface area (Å²) in [5, 5.41) is 20.6. The van der Waals surface area contributed by atoms with Crippen LogP contribution in [0.3, 0.4) is 0 Å². The van der Waals surface area contributed by atoms with E-state index in [0.29, 0.717) is 16.8 Å². The topological polar surface area (TPSA) is 263 Å². The summed E-state index contributed by atoms with van der Waals surface area (Å²) in [5.74, 6) is -2.20. The standard InChI is InChI=1S/C25H31N9O10S2/c1-4-5-9-33-10-8-27-24(33)30-17-7-6-14(11-28-17)42-12-16(22(37)38)43-32-18(15-13-45-23(26)29-15)20(35)31-19-21(36)34(25(19,2)3)44-46(39,40)41/h6-8,10-11,13,16,19H,4-5,9,12H2,1-3H3,(H2,26,29)(H,31,35)(H,37,38)(H,27,28,30)(H,39,40,41)/b32-18-/t16-,19-/m1/s1. The van der Waals surface area contributed by atoms with Gasteiger partial charge in [0.25, 0.3) is 17.9 Å². The van der Waals surface area contributed by atoms with Crippen molar-refractivity contribution in [2.24, 2.45) is 5.16 Å². The molecule has 6 N–H and O–H groups in total. The van der Waals surface area contributed by atoms with Crippen LogP contribution in [0.25, 0.3) is 0 Å². The van der Waals surface area contributed by atoms with Gasteiger partial charge >= 0.3 is 16.4 Å². The number of hydrogen-bond acceptors (Lipinski definition) is 15. The number of aryl methyl sites for hydroxylation is 1. The molecule has 21 heteroatoms. The Hall–Kier alpha value is -4.86. The van der Waals surface area contributed by atoms with E-state index in [9.17, 15) is 27.9 Å². The number of hydroxylamine groups is 2. The second-order valence-corrected chi connectivity index (χ2v) is 12.1. The van der Waals surface area contributed by atoms with E-state index in [1.807, 2.05) is 10.8 Å². The first-order valence-electron chi connectivity index (χ1n) is 13.6. The number of unbranched alkanes of at least 4 members (excludes halogenated alkanes) is 1. The second kappa shape index (κ2) is 14.1. The second-order valence-electron chi connectivity index (χ2n) is 10.3.